The van der Waals surface area contributed by atoms with Gasteiger partial charge in [-0.25, -0.2) is 4.39 Å². The predicted molar refractivity (Wildman–Crippen MR) is 65.0 cm³/mol. The van der Waals surface area contributed by atoms with Crippen LogP contribution in [0.5, 0.6) is 11.5 Å². The van der Waals surface area contributed by atoms with Crippen molar-refractivity contribution in [1.29, 1.82) is 0 Å². The lowest BCUT2D eigenvalue weighted by molar-refractivity contribution is 0.439. The normalized spacial score (nSPS) is 10.3. The third-order valence-corrected chi connectivity index (χ3v) is 2.58. The van der Waals surface area contributed by atoms with Gasteiger partial charge in [-0.05, 0) is 24.6 Å². The Morgan fingerprint density at radius 1 is 1.35 bits per heavy atom. The highest BCUT2D eigenvalue weighted by Crippen LogP contribution is 2.26. The molecule has 1 aromatic carbocycles. The van der Waals surface area contributed by atoms with Gasteiger partial charge in [-0.1, -0.05) is 12.1 Å². The standard InChI is InChI=1S/C13H11ClFNO/c1-9-3-2-4-12(13(9)15)17-11-5-6-16-10(7-11)8-14/h2-7H,8H2,1H3. The van der Waals surface area contributed by atoms with Crippen molar-refractivity contribution >= 4 is 11.6 Å². The molecule has 1 aromatic heterocycles. The molecule has 0 aliphatic heterocycles. The van der Waals surface area contributed by atoms with Crippen LogP contribution in [-0.2, 0) is 5.88 Å². The summed E-state index contributed by atoms with van der Waals surface area (Å²) >= 11 is 5.67. The zero-order chi connectivity index (χ0) is 12.3. The second-order valence-electron chi connectivity index (χ2n) is 3.61. The first-order chi connectivity index (χ1) is 8.20. The number of rotatable bonds is 3. The fourth-order valence-corrected chi connectivity index (χ4v) is 1.57. The van der Waals surface area contributed by atoms with Gasteiger partial charge in [0.25, 0.3) is 0 Å². The molecule has 0 spiro atoms. The first-order valence-electron chi connectivity index (χ1n) is 5.14. The Morgan fingerprint density at radius 3 is 2.94 bits per heavy atom. The second-order valence-corrected chi connectivity index (χ2v) is 3.87. The van der Waals surface area contributed by atoms with E-state index in [0.717, 1.165) is 0 Å². The van der Waals surface area contributed by atoms with Crippen LogP contribution in [0.2, 0.25) is 0 Å². The molecular formula is C13H11ClFNO. The first kappa shape index (κ1) is 11.9. The molecule has 0 radical (unpaired) electrons. The van der Waals surface area contributed by atoms with Crippen LogP contribution in [0.15, 0.2) is 36.5 Å². The highest BCUT2D eigenvalue weighted by molar-refractivity contribution is 6.16. The number of aryl methyl sites for hydroxylation is 1. The Hall–Kier alpha value is -1.61. The summed E-state index contributed by atoms with van der Waals surface area (Å²) in [6.45, 7) is 1.69. The molecule has 2 nitrogen and oxygen atoms in total. The highest BCUT2D eigenvalue weighted by atomic mass is 35.5. The molecular weight excluding hydrogens is 241 g/mol. The fourth-order valence-electron chi connectivity index (χ4n) is 1.42. The Morgan fingerprint density at radius 2 is 2.18 bits per heavy atom. The monoisotopic (exact) mass is 251 g/mol. The molecule has 0 unspecified atom stereocenters. The van der Waals surface area contributed by atoms with E-state index in [4.69, 9.17) is 16.3 Å². The van der Waals surface area contributed by atoms with Crippen molar-refractivity contribution in [2.24, 2.45) is 0 Å². The maximum atomic E-state index is 13.7. The number of nitrogens with zero attached hydrogens (tertiary/aromatic N) is 1. The van der Waals surface area contributed by atoms with E-state index in [9.17, 15) is 4.39 Å². The van der Waals surface area contributed by atoms with Crippen molar-refractivity contribution in [2.75, 3.05) is 0 Å². The van der Waals surface area contributed by atoms with E-state index in [1.54, 1.807) is 43.5 Å². The van der Waals surface area contributed by atoms with Gasteiger partial charge in [0.1, 0.15) is 5.75 Å². The lowest BCUT2D eigenvalue weighted by Gasteiger charge is -2.08. The smallest absolute Gasteiger partial charge is 0.168 e. The lowest BCUT2D eigenvalue weighted by atomic mass is 10.2. The Labute approximate surface area is 104 Å². The average molecular weight is 252 g/mol. The number of hydrogen-bond acceptors (Lipinski definition) is 2. The van der Waals surface area contributed by atoms with Gasteiger partial charge < -0.3 is 4.74 Å². The molecule has 0 amide bonds. The molecule has 0 fully saturated rings. The van der Waals surface area contributed by atoms with Crippen LogP contribution in [-0.4, -0.2) is 4.98 Å². The molecule has 0 bridgehead atoms. The SMILES string of the molecule is Cc1cccc(Oc2ccnc(CCl)c2)c1F. The van der Waals surface area contributed by atoms with Gasteiger partial charge in [0.05, 0.1) is 11.6 Å². The Bertz CT molecular complexity index is 531. The van der Waals surface area contributed by atoms with Crippen molar-refractivity contribution in [2.45, 2.75) is 12.8 Å². The van der Waals surface area contributed by atoms with E-state index < -0.39 is 0 Å². The molecule has 88 valence electrons. The minimum absolute atomic E-state index is 0.205. The molecule has 0 aliphatic carbocycles. The third kappa shape index (κ3) is 2.74. The van der Waals surface area contributed by atoms with E-state index >= 15 is 0 Å². The predicted octanol–water partition coefficient (Wildman–Crippen LogP) is 4.06. The van der Waals surface area contributed by atoms with Crippen LogP contribution in [0, 0.1) is 12.7 Å². The maximum absolute atomic E-state index is 13.7. The zero-order valence-electron chi connectivity index (χ0n) is 9.28. The first-order valence-corrected chi connectivity index (χ1v) is 5.68. The van der Waals surface area contributed by atoms with Crippen molar-refractivity contribution in [3.05, 3.63) is 53.6 Å². The van der Waals surface area contributed by atoms with Gasteiger partial charge in [-0.2, -0.15) is 0 Å². The van der Waals surface area contributed by atoms with Crippen LogP contribution >= 0.6 is 11.6 Å². The van der Waals surface area contributed by atoms with Crippen LogP contribution in [0.4, 0.5) is 4.39 Å². The molecule has 0 saturated heterocycles. The van der Waals surface area contributed by atoms with Gasteiger partial charge in [0, 0.05) is 12.3 Å². The van der Waals surface area contributed by atoms with E-state index in [1.807, 2.05) is 0 Å². The summed E-state index contributed by atoms with van der Waals surface area (Å²) in [7, 11) is 0. The number of halogens is 2. The molecule has 2 rings (SSSR count). The number of benzene rings is 1. The van der Waals surface area contributed by atoms with Gasteiger partial charge >= 0.3 is 0 Å². The summed E-state index contributed by atoms with van der Waals surface area (Å²) in [4.78, 5) is 4.03. The molecule has 17 heavy (non-hydrogen) atoms. The number of pyridine rings is 1. The molecule has 2 aromatic rings. The van der Waals surface area contributed by atoms with Crippen molar-refractivity contribution in [3.63, 3.8) is 0 Å². The minimum Gasteiger partial charge on any atom is -0.454 e. The molecule has 0 saturated carbocycles. The second kappa shape index (κ2) is 5.15. The van der Waals surface area contributed by atoms with Crippen LogP contribution in [0.1, 0.15) is 11.3 Å². The number of hydrogen-bond donors (Lipinski definition) is 0. The average Bonchev–Trinajstić information content (AvgIpc) is 2.35. The molecule has 4 heteroatoms. The molecule has 0 aliphatic rings. The quantitative estimate of drug-likeness (QED) is 0.768. The van der Waals surface area contributed by atoms with Crippen LogP contribution < -0.4 is 4.74 Å². The Kier molecular flexibility index (Phi) is 3.59. The summed E-state index contributed by atoms with van der Waals surface area (Å²) in [6, 6.07) is 8.38. The van der Waals surface area contributed by atoms with Gasteiger partial charge in [0.15, 0.2) is 11.6 Å². The zero-order valence-corrected chi connectivity index (χ0v) is 10.0. The maximum Gasteiger partial charge on any atom is 0.168 e. The van der Waals surface area contributed by atoms with Gasteiger partial charge in [-0.15, -0.1) is 11.6 Å². The summed E-state index contributed by atoms with van der Waals surface area (Å²) in [6.07, 6.45) is 1.58. The van der Waals surface area contributed by atoms with Crippen molar-refractivity contribution in [3.8, 4) is 11.5 Å². The topological polar surface area (TPSA) is 22.1 Å². The summed E-state index contributed by atoms with van der Waals surface area (Å²) in [5.74, 6) is 0.682. The number of alkyl halides is 1. The minimum atomic E-state index is -0.350. The van der Waals surface area contributed by atoms with E-state index in [-0.39, 0.29) is 11.6 Å². The Balaban J connectivity index is 2.28. The van der Waals surface area contributed by atoms with Crippen LogP contribution in [0.3, 0.4) is 0 Å². The molecule has 0 atom stereocenters. The third-order valence-electron chi connectivity index (χ3n) is 2.31. The lowest BCUT2D eigenvalue weighted by Crippen LogP contribution is -1.92. The van der Waals surface area contributed by atoms with Crippen molar-refractivity contribution < 1.29 is 9.13 Å². The van der Waals surface area contributed by atoms with E-state index in [1.165, 1.54) is 0 Å². The molecule has 1 heterocycles. The number of ether oxygens (including phenoxy) is 1. The number of aromatic nitrogens is 1. The van der Waals surface area contributed by atoms with Crippen LogP contribution in [0.25, 0.3) is 0 Å². The largest absolute Gasteiger partial charge is 0.454 e. The summed E-state index contributed by atoms with van der Waals surface area (Å²) < 4.78 is 19.2. The highest BCUT2D eigenvalue weighted by Gasteiger charge is 2.07. The van der Waals surface area contributed by atoms with Gasteiger partial charge in [-0.3, -0.25) is 4.98 Å². The van der Waals surface area contributed by atoms with Gasteiger partial charge in [0.2, 0.25) is 0 Å². The summed E-state index contributed by atoms with van der Waals surface area (Å²) in [5, 5.41) is 0. The van der Waals surface area contributed by atoms with E-state index in [2.05, 4.69) is 4.98 Å². The van der Waals surface area contributed by atoms with Crippen molar-refractivity contribution in [1.82, 2.24) is 4.98 Å². The van der Waals surface area contributed by atoms with E-state index in [0.29, 0.717) is 22.9 Å². The fraction of sp³-hybridized carbons (Fsp3) is 0.154. The molecule has 0 N–H and O–H groups in total. The summed E-state index contributed by atoms with van der Waals surface area (Å²) in [5.41, 5.74) is 1.24.